The molecule has 0 aliphatic carbocycles. The number of para-hydroxylation sites is 1. The fourth-order valence-corrected chi connectivity index (χ4v) is 2.61. The van der Waals surface area contributed by atoms with E-state index in [2.05, 4.69) is 4.37 Å². The Morgan fingerprint density at radius 1 is 1.32 bits per heavy atom. The quantitative estimate of drug-likeness (QED) is 0.874. The Morgan fingerprint density at radius 3 is 2.50 bits per heavy atom. The predicted octanol–water partition coefficient (Wildman–Crippen LogP) is 2.24. The number of nitrogen functional groups attached to an aromatic ring is 1. The number of amides is 1. The number of anilines is 2. The second-order valence-corrected chi connectivity index (χ2v) is 5.59. The number of hydrogen-bond acceptors (Lipinski definition) is 6. The van der Waals surface area contributed by atoms with Crippen LogP contribution < -0.4 is 10.6 Å². The third-order valence-corrected chi connectivity index (χ3v) is 3.96. The molecule has 0 unspecified atom stereocenters. The highest BCUT2D eigenvalue weighted by atomic mass is 32.1. The molecule has 0 aliphatic rings. The maximum Gasteiger partial charge on any atom is 0.343 e. The Morgan fingerprint density at radius 2 is 1.95 bits per heavy atom. The van der Waals surface area contributed by atoms with Crippen LogP contribution in [0.2, 0.25) is 0 Å². The molecule has 22 heavy (non-hydrogen) atoms. The standard InChI is InChI=1S/C15H17N3O3S/c1-9-12(13(16)22-17-9)15(20)21-10(2)14(19)18(3)11-7-5-4-6-8-11/h4-8,10H,16H2,1-3H3/t10-/m0/s1. The van der Waals surface area contributed by atoms with Crippen LogP contribution in [0, 0.1) is 6.92 Å². The van der Waals surface area contributed by atoms with Crippen LogP contribution in [-0.4, -0.2) is 29.4 Å². The van der Waals surface area contributed by atoms with Gasteiger partial charge in [-0.2, -0.15) is 4.37 Å². The molecule has 0 aliphatic heterocycles. The lowest BCUT2D eigenvalue weighted by molar-refractivity contribution is -0.126. The summed E-state index contributed by atoms with van der Waals surface area (Å²) in [5, 5.41) is 0.290. The molecule has 7 heteroatoms. The van der Waals surface area contributed by atoms with Crippen LogP contribution in [0.5, 0.6) is 0 Å². The number of esters is 1. The molecule has 6 nitrogen and oxygen atoms in total. The van der Waals surface area contributed by atoms with Gasteiger partial charge in [0, 0.05) is 12.7 Å². The Bertz CT molecular complexity index is 665. The van der Waals surface area contributed by atoms with Crippen LogP contribution in [0.3, 0.4) is 0 Å². The van der Waals surface area contributed by atoms with Gasteiger partial charge in [0.25, 0.3) is 5.91 Å². The van der Waals surface area contributed by atoms with Crippen molar-refractivity contribution >= 4 is 34.1 Å². The summed E-state index contributed by atoms with van der Waals surface area (Å²) in [7, 11) is 1.63. The normalized spacial score (nSPS) is 11.8. The Labute approximate surface area is 132 Å². The van der Waals surface area contributed by atoms with Crippen molar-refractivity contribution in [1.82, 2.24) is 4.37 Å². The van der Waals surface area contributed by atoms with Crippen LogP contribution in [0.15, 0.2) is 30.3 Å². The van der Waals surface area contributed by atoms with E-state index in [0.29, 0.717) is 10.7 Å². The summed E-state index contributed by atoms with van der Waals surface area (Å²) in [6.07, 6.45) is -0.920. The first-order valence-electron chi connectivity index (χ1n) is 6.67. The van der Waals surface area contributed by atoms with Gasteiger partial charge in [-0.1, -0.05) is 18.2 Å². The van der Waals surface area contributed by atoms with Gasteiger partial charge in [-0.25, -0.2) is 4.79 Å². The lowest BCUT2D eigenvalue weighted by Crippen LogP contribution is -2.37. The average molecular weight is 319 g/mol. The van der Waals surface area contributed by atoms with E-state index in [1.54, 1.807) is 26.1 Å². The van der Waals surface area contributed by atoms with Crippen molar-refractivity contribution in [2.45, 2.75) is 20.0 Å². The number of likely N-dealkylation sites (N-methyl/N-ethyl adjacent to an activating group) is 1. The molecular weight excluding hydrogens is 302 g/mol. The van der Waals surface area contributed by atoms with Crippen LogP contribution in [0.25, 0.3) is 0 Å². The third kappa shape index (κ3) is 3.25. The highest BCUT2D eigenvalue weighted by Crippen LogP contribution is 2.22. The first-order chi connectivity index (χ1) is 10.4. The number of nitrogens with zero attached hydrogens (tertiary/aromatic N) is 2. The van der Waals surface area contributed by atoms with E-state index in [1.807, 2.05) is 18.2 Å². The van der Waals surface area contributed by atoms with Crippen LogP contribution >= 0.6 is 11.5 Å². The number of nitrogens with two attached hydrogens (primary N) is 1. The molecule has 0 fully saturated rings. The average Bonchev–Trinajstić information content (AvgIpc) is 2.85. The van der Waals surface area contributed by atoms with Crippen molar-refractivity contribution in [2.24, 2.45) is 0 Å². The largest absolute Gasteiger partial charge is 0.449 e. The zero-order chi connectivity index (χ0) is 16.3. The SMILES string of the molecule is Cc1nsc(N)c1C(=O)O[C@@H](C)C(=O)N(C)c1ccccc1. The summed E-state index contributed by atoms with van der Waals surface area (Å²) in [4.78, 5) is 25.9. The number of aryl methyl sites for hydroxylation is 1. The third-order valence-electron chi connectivity index (χ3n) is 3.20. The minimum atomic E-state index is -0.920. The summed E-state index contributed by atoms with van der Waals surface area (Å²) in [6, 6.07) is 9.13. The summed E-state index contributed by atoms with van der Waals surface area (Å²) >= 11 is 1.03. The molecule has 1 aromatic heterocycles. The van der Waals surface area contributed by atoms with Gasteiger partial charge in [0.15, 0.2) is 6.10 Å². The van der Waals surface area contributed by atoms with E-state index in [9.17, 15) is 9.59 Å². The summed E-state index contributed by atoms with van der Waals surface area (Å²) in [6.45, 7) is 3.21. The maximum atomic E-state index is 12.3. The van der Waals surface area contributed by atoms with Crippen molar-refractivity contribution in [2.75, 3.05) is 17.7 Å². The van der Waals surface area contributed by atoms with Gasteiger partial charge in [0.1, 0.15) is 10.6 Å². The zero-order valence-corrected chi connectivity index (χ0v) is 13.4. The lowest BCUT2D eigenvalue weighted by Gasteiger charge is -2.21. The topological polar surface area (TPSA) is 85.5 Å². The first-order valence-corrected chi connectivity index (χ1v) is 7.44. The lowest BCUT2D eigenvalue weighted by atomic mass is 10.2. The van der Waals surface area contributed by atoms with Crippen LogP contribution in [0.1, 0.15) is 23.0 Å². The molecule has 0 saturated carbocycles. The summed E-state index contributed by atoms with van der Waals surface area (Å²) in [5.41, 5.74) is 7.16. The van der Waals surface area contributed by atoms with Gasteiger partial charge in [-0.15, -0.1) is 0 Å². The maximum absolute atomic E-state index is 12.3. The van der Waals surface area contributed by atoms with E-state index in [-0.39, 0.29) is 11.5 Å². The molecule has 0 bridgehead atoms. The molecule has 1 amide bonds. The molecule has 2 N–H and O–H groups in total. The number of rotatable bonds is 4. The zero-order valence-electron chi connectivity index (χ0n) is 12.6. The molecule has 0 saturated heterocycles. The Balaban J connectivity index is 2.07. The fraction of sp³-hybridized carbons (Fsp3) is 0.267. The van der Waals surface area contributed by atoms with Crippen molar-refractivity contribution in [3.8, 4) is 0 Å². The summed E-state index contributed by atoms with van der Waals surface area (Å²) < 4.78 is 9.21. The number of carbonyl (C=O) groups is 2. The van der Waals surface area contributed by atoms with Gasteiger partial charge >= 0.3 is 5.97 Å². The number of hydrogen-bond donors (Lipinski definition) is 1. The number of benzene rings is 1. The highest BCUT2D eigenvalue weighted by molar-refractivity contribution is 7.10. The van der Waals surface area contributed by atoms with Gasteiger partial charge in [-0.05, 0) is 37.5 Å². The van der Waals surface area contributed by atoms with Gasteiger partial charge in [-0.3, -0.25) is 4.79 Å². The molecule has 1 aromatic carbocycles. The van der Waals surface area contributed by atoms with Gasteiger partial charge in [0.2, 0.25) is 0 Å². The van der Waals surface area contributed by atoms with Gasteiger partial charge < -0.3 is 15.4 Å². The van der Waals surface area contributed by atoms with E-state index >= 15 is 0 Å². The molecule has 0 spiro atoms. The summed E-state index contributed by atoms with van der Waals surface area (Å²) in [5.74, 6) is -0.954. The van der Waals surface area contributed by atoms with Crippen LogP contribution in [0.4, 0.5) is 10.7 Å². The van der Waals surface area contributed by atoms with Gasteiger partial charge in [0.05, 0.1) is 5.69 Å². The van der Waals surface area contributed by atoms with Crippen molar-refractivity contribution < 1.29 is 14.3 Å². The number of aromatic nitrogens is 1. The molecular formula is C15H17N3O3S. The smallest absolute Gasteiger partial charge is 0.343 e. The predicted molar refractivity (Wildman–Crippen MR) is 86.0 cm³/mol. The fourth-order valence-electron chi connectivity index (χ4n) is 1.96. The molecule has 1 atom stereocenters. The van der Waals surface area contributed by atoms with Crippen molar-refractivity contribution in [3.05, 3.63) is 41.6 Å². The van der Waals surface area contributed by atoms with E-state index in [0.717, 1.165) is 17.2 Å². The second-order valence-electron chi connectivity index (χ2n) is 4.79. The highest BCUT2D eigenvalue weighted by Gasteiger charge is 2.26. The first kappa shape index (κ1) is 16.0. The minimum Gasteiger partial charge on any atom is -0.449 e. The Hall–Kier alpha value is -2.41. The van der Waals surface area contributed by atoms with E-state index in [4.69, 9.17) is 10.5 Å². The van der Waals surface area contributed by atoms with E-state index < -0.39 is 12.1 Å². The molecule has 2 rings (SSSR count). The second kappa shape index (κ2) is 6.57. The number of ether oxygens (including phenoxy) is 1. The van der Waals surface area contributed by atoms with E-state index in [1.165, 1.54) is 11.8 Å². The Kier molecular flexibility index (Phi) is 4.77. The van der Waals surface area contributed by atoms with Crippen molar-refractivity contribution in [1.29, 1.82) is 0 Å². The number of carbonyl (C=O) groups excluding carboxylic acids is 2. The molecule has 116 valence electrons. The molecule has 0 radical (unpaired) electrons. The van der Waals surface area contributed by atoms with Crippen molar-refractivity contribution in [3.63, 3.8) is 0 Å². The molecule has 1 heterocycles. The van der Waals surface area contributed by atoms with Crippen LogP contribution in [-0.2, 0) is 9.53 Å². The monoisotopic (exact) mass is 319 g/mol. The minimum absolute atomic E-state index is 0.229. The molecule has 2 aromatic rings.